The topological polar surface area (TPSA) is 66.0 Å². The predicted octanol–water partition coefficient (Wildman–Crippen LogP) is 5.03. The van der Waals surface area contributed by atoms with E-state index < -0.39 is 12.7 Å². The smallest absolute Gasteiger partial charge is 0.387 e. The number of fused-ring (bicyclic) bond motifs is 3. The van der Waals surface area contributed by atoms with E-state index in [0.29, 0.717) is 33.9 Å². The Balaban J connectivity index is 1.85. The second-order valence-corrected chi connectivity index (χ2v) is 7.07. The molecule has 166 valence electrons. The van der Waals surface area contributed by atoms with Crippen LogP contribution in [-0.2, 0) is 9.53 Å². The van der Waals surface area contributed by atoms with Crippen molar-refractivity contribution in [1.29, 1.82) is 0 Å². The number of benzene rings is 3. The fraction of sp³-hybridized carbons (Fsp3) is 0.208. The van der Waals surface area contributed by atoms with Crippen molar-refractivity contribution in [3.63, 3.8) is 0 Å². The Hall–Kier alpha value is -3.65. The molecule has 1 aliphatic rings. The number of anilines is 1. The van der Waals surface area contributed by atoms with Crippen LogP contribution in [0.15, 0.2) is 60.7 Å². The van der Waals surface area contributed by atoms with Gasteiger partial charge in [-0.3, -0.25) is 4.79 Å². The summed E-state index contributed by atoms with van der Waals surface area (Å²) in [6.07, 6.45) is -0.561. The van der Waals surface area contributed by atoms with Gasteiger partial charge in [-0.2, -0.15) is 8.78 Å². The molecule has 6 nitrogen and oxygen atoms in total. The molecule has 0 saturated carbocycles. The molecule has 0 saturated heterocycles. The number of hydrogen-bond acceptors (Lipinski definition) is 5. The number of alkyl halides is 2. The van der Waals surface area contributed by atoms with E-state index in [9.17, 15) is 13.6 Å². The zero-order valence-corrected chi connectivity index (χ0v) is 17.4. The van der Waals surface area contributed by atoms with Crippen LogP contribution < -0.4 is 19.5 Å². The quantitative estimate of drug-likeness (QED) is 0.557. The van der Waals surface area contributed by atoms with Gasteiger partial charge < -0.3 is 24.3 Å². The van der Waals surface area contributed by atoms with Crippen LogP contribution in [0.25, 0.3) is 11.1 Å². The molecule has 3 aromatic carbocycles. The lowest BCUT2D eigenvalue weighted by atomic mass is 9.88. The molecule has 0 spiro atoms. The van der Waals surface area contributed by atoms with Crippen LogP contribution in [0.1, 0.15) is 17.2 Å². The number of nitrogens with one attached hydrogen (secondary N) is 1. The number of rotatable bonds is 7. The van der Waals surface area contributed by atoms with E-state index in [1.54, 1.807) is 37.4 Å². The Morgan fingerprint density at radius 3 is 2.66 bits per heavy atom. The van der Waals surface area contributed by atoms with Crippen LogP contribution >= 0.6 is 0 Å². The molecule has 0 radical (unpaired) electrons. The molecule has 32 heavy (non-hydrogen) atoms. The molecule has 1 unspecified atom stereocenters. The van der Waals surface area contributed by atoms with Gasteiger partial charge in [0.1, 0.15) is 30.0 Å². The molecule has 0 bridgehead atoms. The third kappa shape index (κ3) is 4.36. The van der Waals surface area contributed by atoms with Crippen molar-refractivity contribution in [3.8, 4) is 28.4 Å². The van der Waals surface area contributed by atoms with E-state index in [4.69, 9.17) is 18.9 Å². The number of ether oxygens (including phenoxy) is 4. The highest BCUT2D eigenvalue weighted by atomic mass is 19.3. The highest BCUT2D eigenvalue weighted by Gasteiger charge is 2.31. The average Bonchev–Trinajstić information content (AvgIpc) is 2.78. The van der Waals surface area contributed by atoms with Crippen molar-refractivity contribution >= 4 is 11.6 Å². The van der Waals surface area contributed by atoms with Crippen molar-refractivity contribution in [1.82, 2.24) is 0 Å². The van der Waals surface area contributed by atoms with Gasteiger partial charge in [0.2, 0.25) is 5.91 Å². The molecule has 1 aliphatic heterocycles. The monoisotopic (exact) mass is 441 g/mol. The SMILES string of the molecule is COCC(=O)Nc1ccc2c(c1)C(c1cccc(OC)c1)Oc1cccc(OC(F)F)c1-2. The first-order valence-electron chi connectivity index (χ1n) is 9.81. The maximum Gasteiger partial charge on any atom is 0.387 e. The molecule has 3 aromatic rings. The zero-order valence-electron chi connectivity index (χ0n) is 17.4. The van der Waals surface area contributed by atoms with Gasteiger partial charge in [0.05, 0.1) is 12.7 Å². The Kier molecular flexibility index (Phi) is 6.23. The highest BCUT2D eigenvalue weighted by Crippen LogP contribution is 2.50. The summed E-state index contributed by atoms with van der Waals surface area (Å²) in [5.74, 6) is 0.765. The van der Waals surface area contributed by atoms with Crippen molar-refractivity contribution in [2.24, 2.45) is 0 Å². The van der Waals surface area contributed by atoms with Gasteiger partial charge >= 0.3 is 6.61 Å². The first kappa shape index (κ1) is 21.6. The number of halogens is 2. The maximum atomic E-state index is 13.0. The summed E-state index contributed by atoms with van der Waals surface area (Å²) in [6.45, 7) is -3.07. The second kappa shape index (κ2) is 9.23. The van der Waals surface area contributed by atoms with Crippen molar-refractivity contribution in [3.05, 3.63) is 71.8 Å². The Labute approximate surface area is 183 Å². The zero-order chi connectivity index (χ0) is 22.7. The Bertz CT molecular complexity index is 1140. The lowest BCUT2D eigenvalue weighted by Gasteiger charge is -2.31. The molecular formula is C24H21F2NO5. The molecule has 1 atom stereocenters. The van der Waals surface area contributed by atoms with Crippen molar-refractivity contribution in [2.75, 3.05) is 26.1 Å². The third-order valence-electron chi connectivity index (χ3n) is 5.01. The standard InChI is InChI=1S/C24H21F2NO5/c1-29-13-21(28)27-15-9-10-17-18(12-15)23(14-5-3-6-16(11-14)30-2)31-19-7-4-8-20(22(17)19)32-24(25)26/h3-12,23-24H,13H2,1-2H3,(H,27,28). The molecule has 1 heterocycles. The van der Waals surface area contributed by atoms with Crippen molar-refractivity contribution < 1.29 is 32.5 Å². The molecule has 0 fully saturated rings. The first-order chi connectivity index (χ1) is 15.5. The maximum absolute atomic E-state index is 13.0. The largest absolute Gasteiger partial charge is 0.497 e. The van der Waals surface area contributed by atoms with Gasteiger partial charge in [0.15, 0.2) is 0 Å². The summed E-state index contributed by atoms with van der Waals surface area (Å²) in [5, 5.41) is 2.76. The summed E-state index contributed by atoms with van der Waals surface area (Å²) in [4.78, 5) is 12.0. The van der Waals surface area contributed by atoms with Gasteiger partial charge in [-0.05, 0) is 42.0 Å². The van der Waals surface area contributed by atoms with E-state index in [0.717, 1.165) is 5.56 Å². The lowest BCUT2D eigenvalue weighted by molar-refractivity contribution is -0.119. The lowest BCUT2D eigenvalue weighted by Crippen LogP contribution is -2.19. The Morgan fingerprint density at radius 1 is 1.09 bits per heavy atom. The van der Waals surface area contributed by atoms with Crippen LogP contribution in [0.2, 0.25) is 0 Å². The predicted molar refractivity (Wildman–Crippen MR) is 114 cm³/mol. The first-order valence-corrected chi connectivity index (χ1v) is 9.81. The van der Waals surface area contributed by atoms with Crippen LogP contribution in [0.5, 0.6) is 17.2 Å². The summed E-state index contributed by atoms with van der Waals surface area (Å²) in [6, 6.07) is 17.4. The van der Waals surface area contributed by atoms with Crippen LogP contribution in [0.3, 0.4) is 0 Å². The number of methoxy groups -OCH3 is 2. The molecule has 8 heteroatoms. The van der Waals surface area contributed by atoms with E-state index in [1.165, 1.54) is 13.2 Å². The summed E-state index contributed by atoms with van der Waals surface area (Å²) in [5.41, 5.74) is 3.11. The summed E-state index contributed by atoms with van der Waals surface area (Å²) < 4.78 is 47.3. The van der Waals surface area contributed by atoms with Gasteiger partial charge in [0, 0.05) is 23.9 Å². The van der Waals surface area contributed by atoms with Crippen LogP contribution in [0.4, 0.5) is 14.5 Å². The fourth-order valence-corrected chi connectivity index (χ4v) is 3.72. The Morgan fingerprint density at radius 2 is 1.91 bits per heavy atom. The molecule has 0 aromatic heterocycles. The molecule has 0 aliphatic carbocycles. The molecule has 1 amide bonds. The second-order valence-electron chi connectivity index (χ2n) is 7.07. The highest BCUT2D eigenvalue weighted by molar-refractivity contribution is 5.93. The fourth-order valence-electron chi connectivity index (χ4n) is 3.72. The minimum Gasteiger partial charge on any atom is -0.497 e. The molecular weight excluding hydrogens is 420 g/mol. The summed E-state index contributed by atoms with van der Waals surface area (Å²) >= 11 is 0. The van der Waals surface area contributed by atoms with Crippen LogP contribution in [-0.4, -0.2) is 33.3 Å². The van der Waals surface area contributed by atoms with E-state index in [-0.39, 0.29) is 18.3 Å². The van der Waals surface area contributed by atoms with Crippen molar-refractivity contribution in [2.45, 2.75) is 12.7 Å². The number of hydrogen-bond donors (Lipinski definition) is 1. The van der Waals surface area contributed by atoms with Gasteiger partial charge in [-0.25, -0.2) is 0 Å². The van der Waals surface area contributed by atoms with Crippen LogP contribution in [0, 0.1) is 0 Å². The number of carbonyl (C=O) groups is 1. The average molecular weight is 441 g/mol. The van der Waals surface area contributed by atoms with E-state index in [1.807, 2.05) is 24.3 Å². The van der Waals surface area contributed by atoms with Gasteiger partial charge in [-0.1, -0.05) is 24.3 Å². The van der Waals surface area contributed by atoms with E-state index >= 15 is 0 Å². The summed E-state index contributed by atoms with van der Waals surface area (Å²) in [7, 11) is 3.00. The molecule has 4 rings (SSSR count). The van der Waals surface area contributed by atoms with Gasteiger partial charge in [-0.15, -0.1) is 0 Å². The minimum atomic E-state index is -2.98. The third-order valence-corrected chi connectivity index (χ3v) is 5.01. The minimum absolute atomic E-state index is 0.0130. The molecule has 1 N–H and O–H groups in total. The number of amides is 1. The van der Waals surface area contributed by atoms with E-state index in [2.05, 4.69) is 5.32 Å². The van der Waals surface area contributed by atoms with Gasteiger partial charge in [0.25, 0.3) is 0 Å². The normalized spacial score (nSPS) is 14.2. The number of carbonyl (C=O) groups excluding carboxylic acids is 1.